The van der Waals surface area contributed by atoms with Crippen LogP contribution in [0.4, 0.5) is 0 Å². The number of rotatable bonds is 4. The van der Waals surface area contributed by atoms with E-state index in [1.807, 2.05) is 24.3 Å². The zero-order chi connectivity index (χ0) is 17.1. The van der Waals surface area contributed by atoms with Crippen LogP contribution in [0.5, 0.6) is 5.75 Å². The molecule has 1 saturated heterocycles. The predicted molar refractivity (Wildman–Crippen MR) is 88.0 cm³/mol. The molecule has 0 unspecified atom stereocenters. The number of methoxy groups -OCH3 is 1. The normalized spacial score (nSPS) is 17.0. The van der Waals surface area contributed by atoms with Crippen LogP contribution in [0.25, 0.3) is 0 Å². The Balaban J connectivity index is 1.77. The minimum Gasteiger partial charge on any atom is -0.497 e. The van der Waals surface area contributed by atoms with Crippen molar-refractivity contribution in [2.45, 2.75) is 25.4 Å². The lowest BCUT2D eigenvalue weighted by Gasteiger charge is -2.25. The van der Waals surface area contributed by atoms with Crippen molar-refractivity contribution in [3.63, 3.8) is 0 Å². The Morgan fingerprint density at radius 2 is 2.00 bits per heavy atom. The first-order valence-corrected chi connectivity index (χ1v) is 7.81. The summed E-state index contributed by atoms with van der Waals surface area (Å²) >= 11 is 0. The van der Waals surface area contributed by atoms with Crippen LogP contribution in [-0.2, 0) is 11.3 Å². The second kappa shape index (κ2) is 6.74. The van der Waals surface area contributed by atoms with E-state index in [0.29, 0.717) is 6.54 Å². The van der Waals surface area contributed by atoms with E-state index in [4.69, 9.17) is 4.74 Å². The molecule has 7 heteroatoms. The maximum Gasteiger partial charge on any atom is 0.328 e. The van der Waals surface area contributed by atoms with Gasteiger partial charge in [0.15, 0.2) is 0 Å². The number of amides is 1. The third-order valence-electron chi connectivity index (χ3n) is 4.28. The molecule has 1 N–H and O–H groups in total. The molecule has 2 heterocycles. The van der Waals surface area contributed by atoms with Gasteiger partial charge in [-0.25, -0.2) is 4.79 Å². The smallest absolute Gasteiger partial charge is 0.328 e. The SMILES string of the molecule is COc1ccc([C@@H]2CCCN2C(=O)Cn2ccc(=O)[nH]c2=O)cc1. The largest absolute Gasteiger partial charge is 0.497 e. The second-order valence-corrected chi connectivity index (χ2v) is 5.76. The number of ether oxygens (including phenoxy) is 1. The first-order valence-electron chi connectivity index (χ1n) is 7.81. The summed E-state index contributed by atoms with van der Waals surface area (Å²) in [5.41, 5.74) is 0.00694. The Morgan fingerprint density at radius 1 is 1.25 bits per heavy atom. The van der Waals surface area contributed by atoms with Crippen molar-refractivity contribution in [3.8, 4) is 5.75 Å². The van der Waals surface area contributed by atoms with Crippen molar-refractivity contribution in [2.75, 3.05) is 13.7 Å². The average Bonchev–Trinajstić information content (AvgIpc) is 3.07. The molecular formula is C17H19N3O4. The highest BCUT2D eigenvalue weighted by Gasteiger charge is 2.30. The van der Waals surface area contributed by atoms with Gasteiger partial charge in [-0.15, -0.1) is 0 Å². The zero-order valence-corrected chi connectivity index (χ0v) is 13.4. The monoisotopic (exact) mass is 329 g/mol. The van der Waals surface area contributed by atoms with Crippen molar-refractivity contribution >= 4 is 5.91 Å². The van der Waals surface area contributed by atoms with Gasteiger partial charge >= 0.3 is 5.69 Å². The number of benzene rings is 1. The van der Waals surface area contributed by atoms with Crippen molar-refractivity contribution in [3.05, 3.63) is 62.9 Å². The lowest BCUT2D eigenvalue weighted by molar-refractivity contribution is -0.132. The fraction of sp³-hybridized carbons (Fsp3) is 0.353. The number of aromatic nitrogens is 2. The first kappa shape index (κ1) is 16.0. The summed E-state index contributed by atoms with van der Waals surface area (Å²) in [5, 5.41) is 0. The molecule has 1 fully saturated rings. The Bertz CT molecular complexity index is 838. The summed E-state index contributed by atoms with van der Waals surface area (Å²) in [7, 11) is 1.61. The summed E-state index contributed by atoms with van der Waals surface area (Å²) in [6.45, 7) is 0.579. The second-order valence-electron chi connectivity index (χ2n) is 5.76. The molecule has 2 aromatic rings. The minimum absolute atomic E-state index is 0.00173. The van der Waals surface area contributed by atoms with Crippen LogP contribution in [0, 0.1) is 0 Å². The van der Waals surface area contributed by atoms with Gasteiger partial charge < -0.3 is 9.64 Å². The Hall–Kier alpha value is -2.83. The van der Waals surface area contributed by atoms with Gasteiger partial charge in [-0.2, -0.15) is 0 Å². The van der Waals surface area contributed by atoms with Crippen LogP contribution in [0.1, 0.15) is 24.4 Å². The number of nitrogens with one attached hydrogen (secondary N) is 1. The van der Waals surface area contributed by atoms with Gasteiger partial charge in [-0.05, 0) is 30.5 Å². The van der Waals surface area contributed by atoms with Crippen molar-refractivity contribution in [2.24, 2.45) is 0 Å². The predicted octanol–water partition coefficient (Wildman–Crippen LogP) is 0.909. The molecular weight excluding hydrogens is 310 g/mol. The number of aromatic amines is 1. The van der Waals surface area contributed by atoms with E-state index in [-0.39, 0.29) is 18.5 Å². The number of carbonyl (C=O) groups excluding carboxylic acids is 1. The zero-order valence-electron chi connectivity index (χ0n) is 13.4. The summed E-state index contributed by atoms with van der Waals surface area (Å²) in [4.78, 5) is 39.4. The van der Waals surface area contributed by atoms with Gasteiger partial charge in [0.25, 0.3) is 5.56 Å². The molecule has 1 amide bonds. The molecule has 1 aliphatic heterocycles. The highest BCUT2D eigenvalue weighted by molar-refractivity contribution is 5.76. The molecule has 0 saturated carbocycles. The quantitative estimate of drug-likeness (QED) is 0.903. The van der Waals surface area contributed by atoms with Crippen LogP contribution in [-0.4, -0.2) is 34.0 Å². The molecule has 1 aromatic heterocycles. The number of carbonyl (C=O) groups is 1. The third kappa shape index (κ3) is 3.24. The molecule has 3 rings (SSSR count). The summed E-state index contributed by atoms with van der Waals surface area (Å²) in [5.74, 6) is 0.636. The minimum atomic E-state index is -0.573. The lowest BCUT2D eigenvalue weighted by atomic mass is 10.0. The number of nitrogens with zero attached hydrogens (tertiary/aromatic N) is 2. The fourth-order valence-corrected chi connectivity index (χ4v) is 3.04. The Kier molecular flexibility index (Phi) is 4.50. The summed E-state index contributed by atoms with van der Waals surface area (Å²) in [6.07, 6.45) is 3.15. The van der Waals surface area contributed by atoms with E-state index >= 15 is 0 Å². The van der Waals surface area contributed by atoms with Gasteiger partial charge in [0.2, 0.25) is 5.91 Å². The maximum atomic E-state index is 12.6. The third-order valence-corrected chi connectivity index (χ3v) is 4.28. The van der Waals surface area contributed by atoms with Crippen LogP contribution in [0.3, 0.4) is 0 Å². The Labute approximate surface area is 138 Å². The molecule has 24 heavy (non-hydrogen) atoms. The lowest BCUT2D eigenvalue weighted by Crippen LogP contribution is -2.38. The van der Waals surface area contributed by atoms with Crippen molar-refractivity contribution in [1.82, 2.24) is 14.5 Å². The summed E-state index contributed by atoms with van der Waals surface area (Å²) in [6, 6.07) is 8.91. The molecule has 0 aliphatic carbocycles. The van der Waals surface area contributed by atoms with Gasteiger partial charge in [-0.1, -0.05) is 12.1 Å². The van der Waals surface area contributed by atoms with Gasteiger partial charge in [0, 0.05) is 18.8 Å². The average molecular weight is 329 g/mol. The van der Waals surface area contributed by atoms with Gasteiger partial charge in [-0.3, -0.25) is 19.1 Å². The van der Waals surface area contributed by atoms with Crippen LogP contribution in [0.15, 0.2) is 46.1 Å². The highest BCUT2D eigenvalue weighted by atomic mass is 16.5. The maximum absolute atomic E-state index is 12.6. The molecule has 1 atom stereocenters. The van der Waals surface area contributed by atoms with Crippen molar-refractivity contribution in [1.29, 1.82) is 0 Å². The highest BCUT2D eigenvalue weighted by Crippen LogP contribution is 2.32. The van der Waals surface area contributed by atoms with E-state index in [1.165, 1.54) is 16.8 Å². The molecule has 1 aromatic carbocycles. The topological polar surface area (TPSA) is 84.4 Å². The number of hydrogen-bond donors (Lipinski definition) is 1. The van der Waals surface area contributed by atoms with Gasteiger partial charge in [0.1, 0.15) is 12.3 Å². The van der Waals surface area contributed by atoms with Gasteiger partial charge in [0.05, 0.1) is 13.2 Å². The summed E-state index contributed by atoms with van der Waals surface area (Å²) < 4.78 is 6.38. The van der Waals surface area contributed by atoms with Crippen LogP contribution in [0.2, 0.25) is 0 Å². The number of hydrogen-bond acceptors (Lipinski definition) is 4. The Morgan fingerprint density at radius 3 is 2.67 bits per heavy atom. The fourth-order valence-electron chi connectivity index (χ4n) is 3.04. The molecule has 0 spiro atoms. The van der Waals surface area contributed by atoms with E-state index in [9.17, 15) is 14.4 Å². The van der Waals surface area contributed by atoms with E-state index < -0.39 is 11.2 Å². The van der Waals surface area contributed by atoms with Crippen molar-refractivity contribution < 1.29 is 9.53 Å². The molecule has 0 bridgehead atoms. The standard InChI is InChI=1S/C17H19N3O4/c1-24-13-6-4-12(5-7-13)14-3-2-9-20(14)16(22)11-19-10-8-15(21)18-17(19)23/h4-8,10,14H,2-3,9,11H2,1H3,(H,18,21,23)/t14-/m0/s1. The van der Waals surface area contributed by atoms with Crippen LogP contribution >= 0.6 is 0 Å². The molecule has 126 valence electrons. The number of H-pyrrole nitrogens is 1. The van der Waals surface area contributed by atoms with Crippen LogP contribution < -0.4 is 16.0 Å². The number of likely N-dealkylation sites (tertiary alicyclic amines) is 1. The van der Waals surface area contributed by atoms with E-state index in [0.717, 1.165) is 24.2 Å². The molecule has 7 nitrogen and oxygen atoms in total. The van der Waals surface area contributed by atoms with E-state index in [2.05, 4.69) is 4.98 Å². The van der Waals surface area contributed by atoms with E-state index in [1.54, 1.807) is 12.0 Å². The first-order chi connectivity index (χ1) is 11.6. The molecule has 0 radical (unpaired) electrons. The molecule has 1 aliphatic rings.